The summed E-state index contributed by atoms with van der Waals surface area (Å²) in [5.41, 5.74) is 4.13. The number of carbonyl (C=O) groups is 1. The number of aryl methyl sites for hydroxylation is 2. The van der Waals surface area contributed by atoms with E-state index in [1.165, 1.54) is 18.1 Å². The van der Waals surface area contributed by atoms with Crippen LogP contribution in [0.25, 0.3) is 11.4 Å². The van der Waals surface area contributed by atoms with Gasteiger partial charge in [0.1, 0.15) is 17.8 Å². The Hall–Kier alpha value is -4.24. The molecule has 0 fully saturated rings. The van der Waals surface area contributed by atoms with Gasteiger partial charge in [0.2, 0.25) is 0 Å². The van der Waals surface area contributed by atoms with Crippen molar-refractivity contribution < 1.29 is 9.53 Å². The lowest BCUT2D eigenvalue weighted by molar-refractivity contribution is 0.101. The molecule has 2 heterocycles. The topological polar surface area (TPSA) is 111 Å². The van der Waals surface area contributed by atoms with Crippen molar-refractivity contribution in [3.05, 3.63) is 72.2 Å². The SMILES string of the molecule is COc1c(-c2ncn(C)n2)cccc1N(N)c1cc(Nc2ccc(C)cc2)ncc1C(C)=O. The maximum atomic E-state index is 12.4. The Morgan fingerprint density at radius 3 is 2.52 bits per heavy atom. The molecule has 0 radical (unpaired) electrons. The summed E-state index contributed by atoms with van der Waals surface area (Å²) in [4.78, 5) is 21.1. The zero-order valence-corrected chi connectivity index (χ0v) is 18.9. The number of rotatable bonds is 7. The Balaban J connectivity index is 1.77. The summed E-state index contributed by atoms with van der Waals surface area (Å²) in [6.45, 7) is 3.50. The van der Waals surface area contributed by atoms with Gasteiger partial charge in [0.15, 0.2) is 17.4 Å². The third kappa shape index (κ3) is 4.53. The van der Waals surface area contributed by atoms with E-state index in [2.05, 4.69) is 20.4 Å². The van der Waals surface area contributed by atoms with Gasteiger partial charge in [-0.05, 0) is 38.1 Å². The van der Waals surface area contributed by atoms with Crippen molar-refractivity contribution in [3.8, 4) is 17.1 Å². The number of anilines is 4. The van der Waals surface area contributed by atoms with Crippen LogP contribution in [0, 0.1) is 6.92 Å². The highest BCUT2D eigenvalue weighted by atomic mass is 16.5. The summed E-state index contributed by atoms with van der Waals surface area (Å²) < 4.78 is 7.31. The molecule has 0 saturated carbocycles. The molecule has 0 spiro atoms. The molecule has 0 amide bonds. The lowest BCUT2D eigenvalue weighted by Gasteiger charge is -2.24. The fourth-order valence-corrected chi connectivity index (χ4v) is 3.47. The fraction of sp³-hybridized carbons (Fsp3) is 0.167. The van der Waals surface area contributed by atoms with E-state index in [9.17, 15) is 4.79 Å². The van der Waals surface area contributed by atoms with Crippen molar-refractivity contribution in [2.45, 2.75) is 13.8 Å². The quantitative estimate of drug-likeness (QED) is 0.249. The number of benzene rings is 2. The van der Waals surface area contributed by atoms with Crippen molar-refractivity contribution in [3.63, 3.8) is 0 Å². The third-order valence-electron chi connectivity index (χ3n) is 5.14. The predicted octanol–water partition coefficient (Wildman–Crippen LogP) is 4.15. The highest BCUT2D eigenvalue weighted by Gasteiger charge is 2.21. The minimum atomic E-state index is -0.156. The molecule has 0 aliphatic rings. The van der Waals surface area contributed by atoms with E-state index in [1.807, 2.05) is 49.4 Å². The van der Waals surface area contributed by atoms with Crippen LogP contribution >= 0.6 is 0 Å². The predicted molar refractivity (Wildman–Crippen MR) is 128 cm³/mol. The Morgan fingerprint density at radius 2 is 1.88 bits per heavy atom. The largest absolute Gasteiger partial charge is 0.494 e. The zero-order chi connectivity index (χ0) is 23.5. The fourth-order valence-electron chi connectivity index (χ4n) is 3.47. The van der Waals surface area contributed by atoms with Gasteiger partial charge < -0.3 is 10.1 Å². The number of nitrogens with two attached hydrogens (primary N) is 1. The molecule has 4 rings (SSSR count). The van der Waals surface area contributed by atoms with E-state index in [1.54, 1.807) is 31.2 Å². The monoisotopic (exact) mass is 443 g/mol. The van der Waals surface area contributed by atoms with Crippen LogP contribution in [-0.4, -0.2) is 32.6 Å². The summed E-state index contributed by atoms with van der Waals surface area (Å²) >= 11 is 0. The number of aromatic nitrogens is 4. The average Bonchev–Trinajstić information content (AvgIpc) is 3.25. The first-order valence-electron chi connectivity index (χ1n) is 10.3. The molecular formula is C24H25N7O2. The lowest BCUT2D eigenvalue weighted by Crippen LogP contribution is -2.27. The number of ether oxygens (including phenoxy) is 1. The van der Waals surface area contributed by atoms with Crippen molar-refractivity contribution in [1.29, 1.82) is 0 Å². The van der Waals surface area contributed by atoms with E-state index in [4.69, 9.17) is 10.6 Å². The van der Waals surface area contributed by atoms with Crippen LogP contribution in [0.15, 0.2) is 61.1 Å². The van der Waals surface area contributed by atoms with Crippen molar-refractivity contribution in [2.24, 2.45) is 12.9 Å². The van der Waals surface area contributed by atoms with E-state index in [0.717, 1.165) is 11.3 Å². The number of nitrogens with one attached hydrogen (secondary N) is 1. The molecule has 33 heavy (non-hydrogen) atoms. The van der Waals surface area contributed by atoms with Crippen LogP contribution in [0.4, 0.5) is 22.9 Å². The van der Waals surface area contributed by atoms with E-state index in [-0.39, 0.29) is 5.78 Å². The number of methoxy groups -OCH3 is 1. The molecule has 0 unspecified atom stereocenters. The number of hydrogen-bond acceptors (Lipinski definition) is 8. The van der Waals surface area contributed by atoms with Crippen LogP contribution in [-0.2, 0) is 7.05 Å². The summed E-state index contributed by atoms with van der Waals surface area (Å²) in [5, 5.41) is 9.04. The molecule has 3 N–H and O–H groups in total. The summed E-state index contributed by atoms with van der Waals surface area (Å²) in [7, 11) is 3.35. The Morgan fingerprint density at radius 1 is 1.12 bits per heavy atom. The number of pyridine rings is 1. The smallest absolute Gasteiger partial charge is 0.184 e. The van der Waals surface area contributed by atoms with E-state index < -0.39 is 0 Å². The maximum Gasteiger partial charge on any atom is 0.184 e. The second-order valence-electron chi connectivity index (χ2n) is 7.60. The van der Waals surface area contributed by atoms with E-state index >= 15 is 0 Å². The summed E-state index contributed by atoms with van der Waals surface area (Å²) in [5.74, 6) is 7.96. The third-order valence-corrected chi connectivity index (χ3v) is 5.14. The second-order valence-corrected chi connectivity index (χ2v) is 7.60. The normalized spacial score (nSPS) is 10.7. The molecule has 2 aromatic heterocycles. The summed E-state index contributed by atoms with van der Waals surface area (Å²) in [6, 6.07) is 15.2. The van der Waals surface area contributed by atoms with E-state index in [0.29, 0.717) is 39.9 Å². The van der Waals surface area contributed by atoms with Crippen LogP contribution in [0.1, 0.15) is 22.8 Å². The molecule has 0 bridgehead atoms. The Labute approximate surface area is 191 Å². The minimum Gasteiger partial charge on any atom is -0.494 e. The number of Topliss-reactive ketones (excluding diaryl/α,β-unsaturated/α-hetero) is 1. The van der Waals surface area contributed by atoms with Crippen LogP contribution in [0.5, 0.6) is 5.75 Å². The first-order valence-corrected chi connectivity index (χ1v) is 10.3. The van der Waals surface area contributed by atoms with Crippen molar-refractivity contribution >= 4 is 28.7 Å². The van der Waals surface area contributed by atoms with Gasteiger partial charge in [0.25, 0.3) is 0 Å². The van der Waals surface area contributed by atoms with Gasteiger partial charge in [-0.25, -0.2) is 15.8 Å². The molecule has 4 aromatic rings. The average molecular weight is 444 g/mol. The van der Waals surface area contributed by atoms with Gasteiger partial charge in [-0.3, -0.25) is 14.5 Å². The number of hydrazine groups is 1. The molecule has 0 aliphatic heterocycles. The molecule has 0 aliphatic carbocycles. The van der Waals surface area contributed by atoms with Gasteiger partial charge in [0.05, 0.1) is 23.9 Å². The summed E-state index contributed by atoms with van der Waals surface area (Å²) in [6.07, 6.45) is 3.13. The van der Waals surface area contributed by atoms with Crippen molar-refractivity contribution in [1.82, 2.24) is 19.7 Å². The highest BCUT2D eigenvalue weighted by molar-refractivity contribution is 6.01. The van der Waals surface area contributed by atoms with Gasteiger partial charge in [0, 0.05) is 25.0 Å². The zero-order valence-electron chi connectivity index (χ0n) is 18.9. The number of nitrogens with zero attached hydrogens (tertiary/aromatic N) is 5. The number of hydrogen-bond donors (Lipinski definition) is 2. The first kappa shape index (κ1) is 22.0. The molecule has 9 heteroatoms. The first-order chi connectivity index (χ1) is 15.9. The van der Waals surface area contributed by atoms with Crippen LogP contribution < -0.4 is 20.9 Å². The molecular weight excluding hydrogens is 418 g/mol. The minimum absolute atomic E-state index is 0.156. The van der Waals surface area contributed by atoms with Gasteiger partial charge in [-0.1, -0.05) is 23.8 Å². The van der Waals surface area contributed by atoms with Crippen LogP contribution in [0.2, 0.25) is 0 Å². The highest BCUT2D eigenvalue weighted by Crippen LogP contribution is 2.40. The number of para-hydroxylation sites is 1. The van der Waals surface area contributed by atoms with Crippen molar-refractivity contribution in [2.75, 3.05) is 17.4 Å². The second kappa shape index (κ2) is 9.09. The Bertz CT molecular complexity index is 1300. The number of ketones is 1. The molecule has 2 aromatic carbocycles. The van der Waals surface area contributed by atoms with Crippen LogP contribution in [0.3, 0.4) is 0 Å². The number of carbonyl (C=O) groups excluding carboxylic acids is 1. The Kier molecular flexibility index (Phi) is 6.05. The van der Waals surface area contributed by atoms with Gasteiger partial charge in [-0.15, -0.1) is 0 Å². The molecule has 168 valence electrons. The molecule has 9 nitrogen and oxygen atoms in total. The van der Waals surface area contributed by atoms with Gasteiger partial charge in [-0.2, -0.15) is 5.10 Å². The lowest BCUT2D eigenvalue weighted by atomic mass is 10.1. The standard InChI is InChI=1S/C24H25N7O2/c1-15-8-10-17(11-9-15)28-22-12-21(19(13-26-22)16(2)32)31(25)20-7-5-6-18(23(20)33-4)24-27-14-30(3)29-24/h5-14H,25H2,1-4H3,(H,26,28). The molecule has 0 saturated heterocycles. The van der Waals surface area contributed by atoms with Gasteiger partial charge >= 0.3 is 0 Å². The molecule has 0 atom stereocenters. The maximum absolute atomic E-state index is 12.4.